The fourth-order valence-corrected chi connectivity index (χ4v) is 2.30. The average Bonchev–Trinajstić information content (AvgIpc) is 2.52. The maximum Gasteiger partial charge on any atom is 0.0510 e. The van der Waals surface area contributed by atoms with Gasteiger partial charge < -0.3 is 10.1 Å². The molecule has 0 radical (unpaired) electrons. The van der Waals surface area contributed by atoms with Crippen LogP contribution in [0.4, 0.5) is 0 Å². The summed E-state index contributed by atoms with van der Waals surface area (Å²) in [5.41, 5.74) is 0. The second kappa shape index (κ2) is 5.01. The lowest BCUT2D eigenvalue weighted by atomic mass is 10.0. The third kappa shape index (κ3) is 2.65. The molecule has 0 saturated carbocycles. The Morgan fingerprint density at radius 2 is 2.55 bits per heavy atom. The first-order valence-electron chi connectivity index (χ1n) is 4.12. The largest absolute Gasteiger partial charge is 0.381 e. The normalized spacial score (nSPS) is 27.3. The fourth-order valence-electron chi connectivity index (χ4n) is 1.50. The van der Waals surface area contributed by atoms with Crippen molar-refractivity contribution in [3.05, 3.63) is 0 Å². The molecular formula is C8H17NOS. The Kier molecular flexibility index (Phi) is 4.26. The van der Waals surface area contributed by atoms with E-state index in [1.54, 1.807) is 0 Å². The molecule has 1 rings (SSSR count). The molecule has 1 aliphatic rings. The standard InChI is InChI=1S/C8H17NOS/c1-9-8(6-11-2)7-3-4-10-5-7/h7-9H,3-6H2,1-2H3. The predicted molar refractivity (Wildman–Crippen MR) is 50.2 cm³/mol. The molecule has 66 valence electrons. The van der Waals surface area contributed by atoms with Crippen LogP contribution in [0.1, 0.15) is 6.42 Å². The van der Waals surface area contributed by atoms with Crippen molar-refractivity contribution in [1.82, 2.24) is 5.32 Å². The number of hydrogen-bond acceptors (Lipinski definition) is 3. The van der Waals surface area contributed by atoms with Gasteiger partial charge in [-0.2, -0.15) is 11.8 Å². The SMILES string of the molecule is CNC(CSC)C1CCOC1. The van der Waals surface area contributed by atoms with Gasteiger partial charge in [-0.05, 0) is 19.7 Å². The van der Waals surface area contributed by atoms with Gasteiger partial charge in [0, 0.05) is 24.3 Å². The van der Waals surface area contributed by atoms with E-state index < -0.39 is 0 Å². The van der Waals surface area contributed by atoms with Gasteiger partial charge in [-0.3, -0.25) is 0 Å². The lowest BCUT2D eigenvalue weighted by Crippen LogP contribution is -2.36. The summed E-state index contributed by atoms with van der Waals surface area (Å²) < 4.78 is 5.34. The van der Waals surface area contributed by atoms with E-state index in [-0.39, 0.29) is 0 Å². The monoisotopic (exact) mass is 175 g/mol. The van der Waals surface area contributed by atoms with Crippen molar-refractivity contribution in [2.45, 2.75) is 12.5 Å². The predicted octanol–water partition coefficient (Wildman–Crippen LogP) is 0.974. The molecule has 0 amide bonds. The van der Waals surface area contributed by atoms with Crippen molar-refractivity contribution in [2.24, 2.45) is 5.92 Å². The summed E-state index contributed by atoms with van der Waals surface area (Å²) in [6.07, 6.45) is 3.38. The zero-order valence-corrected chi connectivity index (χ0v) is 8.12. The van der Waals surface area contributed by atoms with E-state index in [0.717, 1.165) is 19.1 Å². The van der Waals surface area contributed by atoms with Crippen molar-refractivity contribution >= 4 is 11.8 Å². The van der Waals surface area contributed by atoms with Gasteiger partial charge >= 0.3 is 0 Å². The lowest BCUT2D eigenvalue weighted by molar-refractivity contribution is 0.180. The zero-order valence-electron chi connectivity index (χ0n) is 7.30. The minimum Gasteiger partial charge on any atom is -0.381 e. The van der Waals surface area contributed by atoms with Crippen molar-refractivity contribution in [3.8, 4) is 0 Å². The molecule has 2 atom stereocenters. The van der Waals surface area contributed by atoms with E-state index >= 15 is 0 Å². The summed E-state index contributed by atoms with van der Waals surface area (Å²) in [6, 6.07) is 0.646. The molecule has 0 aromatic heterocycles. The number of rotatable bonds is 4. The molecular weight excluding hydrogens is 158 g/mol. The molecule has 2 unspecified atom stereocenters. The van der Waals surface area contributed by atoms with Gasteiger partial charge in [-0.1, -0.05) is 0 Å². The Balaban J connectivity index is 2.27. The Hall–Kier alpha value is 0.270. The van der Waals surface area contributed by atoms with E-state index in [0.29, 0.717) is 6.04 Å². The summed E-state index contributed by atoms with van der Waals surface area (Å²) in [5.74, 6) is 1.94. The Bertz CT molecular complexity index is 104. The molecule has 0 aromatic carbocycles. The number of hydrogen-bond donors (Lipinski definition) is 1. The molecule has 1 N–H and O–H groups in total. The van der Waals surface area contributed by atoms with Gasteiger partial charge in [0.15, 0.2) is 0 Å². The van der Waals surface area contributed by atoms with Crippen LogP contribution in [0.3, 0.4) is 0 Å². The molecule has 11 heavy (non-hydrogen) atoms. The minimum absolute atomic E-state index is 0.646. The van der Waals surface area contributed by atoms with E-state index in [9.17, 15) is 0 Å². The van der Waals surface area contributed by atoms with Crippen molar-refractivity contribution in [3.63, 3.8) is 0 Å². The maximum atomic E-state index is 5.34. The first-order chi connectivity index (χ1) is 5.38. The average molecular weight is 175 g/mol. The smallest absolute Gasteiger partial charge is 0.0510 e. The molecule has 3 heteroatoms. The van der Waals surface area contributed by atoms with Crippen LogP contribution >= 0.6 is 11.8 Å². The third-order valence-electron chi connectivity index (χ3n) is 2.25. The van der Waals surface area contributed by atoms with Crippen LogP contribution in [0.25, 0.3) is 0 Å². The molecule has 1 saturated heterocycles. The van der Waals surface area contributed by atoms with E-state index in [1.165, 1.54) is 12.2 Å². The van der Waals surface area contributed by atoms with Crippen molar-refractivity contribution < 1.29 is 4.74 Å². The topological polar surface area (TPSA) is 21.3 Å². The Morgan fingerprint density at radius 3 is 3.00 bits per heavy atom. The highest BCUT2D eigenvalue weighted by Gasteiger charge is 2.23. The van der Waals surface area contributed by atoms with Crippen LogP contribution in [0.15, 0.2) is 0 Å². The number of thioether (sulfide) groups is 1. The third-order valence-corrected chi connectivity index (χ3v) is 2.94. The van der Waals surface area contributed by atoms with Crippen LogP contribution in [0, 0.1) is 5.92 Å². The summed E-state index contributed by atoms with van der Waals surface area (Å²) >= 11 is 1.90. The lowest BCUT2D eigenvalue weighted by Gasteiger charge is -2.20. The molecule has 1 aliphatic heterocycles. The maximum absolute atomic E-state index is 5.34. The van der Waals surface area contributed by atoms with E-state index in [2.05, 4.69) is 11.6 Å². The quantitative estimate of drug-likeness (QED) is 0.688. The molecule has 0 aliphatic carbocycles. The second-order valence-electron chi connectivity index (χ2n) is 2.97. The van der Waals surface area contributed by atoms with Crippen molar-refractivity contribution in [2.75, 3.05) is 32.3 Å². The second-order valence-corrected chi connectivity index (χ2v) is 3.88. The van der Waals surface area contributed by atoms with Crippen LogP contribution in [0.5, 0.6) is 0 Å². The van der Waals surface area contributed by atoms with Gasteiger partial charge in [-0.25, -0.2) is 0 Å². The Morgan fingerprint density at radius 1 is 1.73 bits per heavy atom. The highest BCUT2D eigenvalue weighted by Crippen LogP contribution is 2.18. The van der Waals surface area contributed by atoms with Gasteiger partial charge in [0.2, 0.25) is 0 Å². The molecule has 0 spiro atoms. The first-order valence-corrected chi connectivity index (χ1v) is 5.51. The number of ether oxygens (including phenoxy) is 1. The summed E-state index contributed by atoms with van der Waals surface area (Å²) in [4.78, 5) is 0. The van der Waals surface area contributed by atoms with Gasteiger partial charge in [-0.15, -0.1) is 0 Å². The molecule has 2 nitrogen and oxygen atoms in total. The fraction of sp³-hybridized carbons (Fsp3) is 1.00. The highest BCUT2D eigenvalue weighted by atomic mass is 32.2. The van der Waals surface area contributed by atoms with E-state index in [1.807, 2.05) is 18.8 Å². The van der Waals surface area contributed by atoms with Gasteiger partial charge in [0.1, 0.15) is 0 Å². The van der Waals surface area contributed by atoms with Crippen molar-refractivity contribution in [1.29, 1.82) is 0 Å². The molecule has 1 heterocycles. The van der Waals surface area contributed by atoms with Crippen LogP contribution in [0.2, 0.25) is 0 Å². The van der Waals surface area contributed by atoms with Gasteiger partial charge in [0.05, 0.1) is 6.61 Å². The highest BCUT2D eigenvalue weighted by molar-refractivity contribution is 7.98. The van der Waals surface area contributed by atoms with Gasteiger partial charge in [0.25, 0.3) is 0 Å². The Labute approximate surface area is 73.1 Å². The van der Waals surface area contributed by atoms with Crippen LogP contribution in [-0.4, -0.2) is 38.3 Å². The van der Waals surface area contributed by atoms with Crippen LogP contribution < -0.4 is 5.32 Å². The molecule has 0 aromatic rings. The van der Waals surface area contributed by atoms with E-state index in [4.69, 9.17) is 4.74 Å². The summed E-state index contributed by atoms with van der Waals surface area (Å²) in [6.45, 7) is 1.91. The summed E-state index contributed by atoms with van der Waals surface area (Å²) in [5, 5.41) is 3.34. The number of nitrogens with one attached hydrogen (secondary N) is 1. The first kappa shape index (κ1) is 9.36. The minimum atomic E-state index is 0.646. The summed E-state index contributed by atoms with van der Waals surface area (Å²) in [7, 11) is 2.04. The molecule has 0 bridgehead atoms. The van der Waals surface area contributed by atoms with Crippen LogP contribution in [-0.2, 0) is 4.74 Å². The zero-order chi connectivity index (χ0) is 8.10. The molecule has 1 fully saturated rings.